The molecule has 8 bridgehead atoms. The van der Waals surface area contributed by atoms with E-state index in [2.05, 4.69) is 31.0 Å². The smallest absolute Gasteiger partial charge is 0.230 e. The SMILES string of the molecule is O=C1Cc2cccc(c2)OCCOCCOc2cccc(c2)CC(=O)Nc2nnc(s2)CCCc2nnc(s2)N1. The zero-order chi connectivity index (χ0) is 27.6. The van der Waals surface area contributed by atoms with Gasteiger partial charge in [0.05, 0.1) is 26.1 Å². The molecule has 13 heteroatoms. The fourth-order valence-corrected chi connectivity index (χ4v) is 5.52. The van der Waals surface area contributed by atoms with Crippen molar-refractivity contribution in [3.63, 3.8) is 0 Å². The number of nitrogens with one attached hydrogen (secondary N) is 2. The van der Waals surface area contributed by atoms with Crippen molar-refractivity contribution in [2.24, 2.45) is 0 Å². The van der Waals surface area contributed by atoms with Crippen LogP contribution in [0, 0.1) is 0 Å². The van der Waals surface area contributed by atoms with Crippen molar-refractivity contribution in [1.82, 2.24) is 20.4 Å². The van der Waals surface area contributed by atoms with E-state index in [9.17, 15) is 9.59 Å². The Bertz CT molecular complexity index is 1340. The highest BCUT2D eigenvalue weighted by atomic mass is 32.1. The molecule has 2 aromatic carbocycles. The van der Waals surface area contributed by atoms with E-state index in [1.54, 1.807) is 0 Å². The maximum absolute atomic E-state index is 12.6. The second-order valence-electron chi connectivity index (χ2n) is 8.91. The molecule has 0 radical (unpaired) electrons. The average molecular weight is 581 g/mol. The number of nitrogens with zero attached hydrogens (tertiary/aromatic N) is 4. The van der Waals surface area contributed by atoms with Gasteiger partial charge in [0.2, 0.25) is 22.1 Å². The van der Waals surface area contributed by atoms with Gasteiger partial charge < -0.3 is 24.8 Å². The molecule has 1 aliphatic rings. The van der Waals surface area contributed by atoms with Gasteiger partial charge in [-0.3, -0.25) is 9.59 Å². The standard InChI is InChI=1S/C27H28N6O5S2/c34-22-16-18-4-1-6-20(14-18)37-12-10-36-11-13-38-21-7-2-5-19(15-21)17-23(35)29-27-33-31-25(40-27)9-3-8-24-30-32-26(28-22)39-24/h1-2,4-7,14-15H,3,8-13,16-17H2,(H,28,32,34)(H,29,33,35). The van der Waals surface area contributed by atoms with Gasteiger partial charge in [-0.05, 0) is 41.8 Å². The number of carbonyl (C=O) groups is 2. The Morgan fingerprint density at radius 1 is 0.650 bits per heavy atom. The molecule has 11 nitrogen and oxygen atoms in total. The van der Waals surface area contributed by atoms with Gasteiger partial charge in [0.15, 0.2) is 0 Å². The molecule has 2 N–H and O–H groups in total. The predicted molar refractivity (Wildman–Crippen MR) is 151 cm³/mol. The van der Waals surface area contributed by atoms with Gasteiger partial charge in [-0.15, -0.1) is 20.4 Å². The maximum Gasteiger partial charge on any atom is 0.230 e. The average Bonchev–Trinajstić information content (AvgIpc) is 3.57. The highest BCUT2D eigenvalue weighted by Crippen LogP contribution is 2.22. The van der Waals surface area contributed by atoms with Crippen LogP contribution in [0.3, 0.4) is 0 Å². The van der Waals surface area contributed by atoms with Crippen molar-refractivity contribution >= 4 is 44.8 Å². The van der Waals surface area contributed by atoms with Gasteiger partial charge in [-0.1, -0.05) is 46.9 Å². The van der Waals surface area contributed by atoms with Crippen LogP contribution in [0.4, 0.5) is 10.3 Å². The third-order valence-electron chi connectivity index (χ3n) is 5.73. The molecule has 0 saturated carbocycles. The number of rotatable bonds is 0. The largest absolute Gasteiger partial charge is 0.491 e. The molecule has 40 heavy (non-hydrogen) atoms. The molecule has 0 unspecified atom stereocenters. The zero-order valence-corrected chi connectivity index (χ0v) is 23.3. The molecule has 0 atom stereocenters. The van der Waals surface area contributed by atoms with Crippen molar-refractivity contribution < 1.29 is 23.8 Å². The van der Waals surface area contributed by atoms with Crippen LogP contribution in [0.5, 0.6) is 11.5 Å². The first kappa shape index (κ1) is 27.6. The summed E-state index contributed by atoms with van der Waals surface area (Å²) in [5.41, 5.74) is 1.66. The summed E-state index contributed by atoms with van der Waals surface area (Å²) in [6.07, 6.45) is 2.55. The lowest BCUT2D eigenvalue weighted by molar-refractivity contribution is -0.116. The van der Waals surface area contributed by atoms with Crippen LogP contribution in [0.2, 0.25) is 0 Å². The second kappa shape index (κ2) is 13.9. The molecule has 208 valence electrons. The zero-order valence-electron chi connectivity index (χ0n) is 21.6. The van der Waals surface area contributed by atoms with Crippen molar-refractivity contribution in [3.8, 4) is 11.5 Å². The summed E-state index contributed by atoms with van der Waals surface area (Å²) in [7, 11) is 0. The van der Waals surface area contributed by atoms with E-state index in [-0.39, 0.29) is 24.7 Å². The number of benzene rings is 2. The van der Waals surface area contributed by atoms with Gasteiger partial charge in [0.25, 0.3) is 0 Å². The van der Waals surface area contributed by atoms with E-state index >= 15 is 0 Å². The first-order chi connectivity index (χ1) is 19.6. The fraction of sp³-hybridized carbons (Fsp3) is 0.333. The number of hydrogen-bond donors (Lipinski definition) is 2. The monoisotopic (exact) mass is 580 g/mol. The van der Waals surface area contributed by atoms with Crippen LogP contribution < -0.4 is 20.1 Å². The van der Waals surface area contributed by atoms with Crippen LogP contribution in [0.15, 0.2) is 48.5 Å². The summed E-state index contributed by atoms with van der Waals surface area (Å²) in [5.74, 6) is 0.982. The summed E-state index contributed by atoms with van der Waals surface area (Å²) in [4.78, 5) is 25.1. The van der Waals surface area contributed by atoms with Crippen molar-refractivity contribution in [2.75, 3.05) is 37.1 Å². The molecule has 1 aliphatic heterocycles. The van der Waals surface area contributed by atoms with Gasteiger partial charge in [-0.25, -0.2) is 0 Å². The molecule has 5 rings (SSSR count). The Morgan fingerprint density at radius 2 is 1.15 bits per heavy atom. The number of hydrogen-bond acceptors (Lipinski definition) is 11. The van der Waals surface area contributed by atoms with Crippen LogP contribution in [0.1, 0.15) is 27.6 Å². The number of amides is 2. The van der Waals surface area contributed by atoms with Crippen LogP contribution >= 0.6 is 22.7 Å². The molecular weight excluding hydrogens is 552 g/mol. The topological polar surface area (TPSA) is 137 Å². The first-order valence-electron chi connectivity index (χ1n) is 12.8. The Labute approximate surface area is 238 Å². The molecule has 0 spiro atoms. The fourth-order valence-electron chi connectivity index (χ4n) is 3.93. The van der Waals surface area contributed by atoms with Crippen molar-refractivity contribution in [1.29, 1.82) is 0 Å². The molecule has 3 heterocycles. The van der Waals surface area contributed by atoms with E-state index in [1.165, 1.54) is 22.7 Å². The number of anilines is 2. The number of carbonyl (C=O) groups excluding carboxylic acids is 2. The number of aromatic nitrogens is 4. The number of ether oxygens (including phenoxy) is 3. The molecule has 2 aromatic heterocycles. The van der Waals surface area contributed by atoms with E-state index in [4.69, 9.17) is 14.2 Å². The van der Waals surface area contributed by atoms with Crippen molar-refractivity contribution in [3.05, 3.63) is 69.7 Å². The van der Waals surface area contributed by atoms with Crippen LogP contribution in [-0.4, -0.2) is 58.6 Å². The summed E-state index contributed by atoms with van der Waals surface area (Å²) in [5, 5.41) is 24.8. The van der Waals surface area contributed by atoms with E-state index < -0.39 is 0 Å². The van der Waals surface area contributed by atoms with Crippen molar-refractivity contribution in [2.45, 2.75) is 32.1 Å². The summed E-state index contributed by atoms with van der Waals surface area (Å²) in [6, 6.07) is 14.8. The Hall–Kier alpha value is -3.94. The van der Waals surface area contributed by atoms with Gasteiger partial charge >= 0.3 is 0 Å². The molecule has 2 amide bonds. The lowest BCUT2D eigenvalue weighted by atomic mass is 10.1. The molecule has 0 aliphatic carbocycles. The summed E-state index contributed by atoms with van der Waals surface area (Å²) >= 11 is 2.71. The minimum atomic E-state index is -0.176. The highest BCUT2D eigenvalue weighted by molar-refractivity contribution is 7.15. The minimum Gasteiger partial charge on any atom is -0.491 e. The normalized spacial score (nSPS) is 15.9. The number of fused-ring (bicyclic) bond motifs is 8. The number of aryl methyl sites for hydroxylation is 2. The van der Waals surface area contributed by atoms with Gasteiger partial charge in [0, 0.05) is 12.8 Å². The highest BCUT2D eigenvalue weighted by Gasteiger charge is 2.12. The Morgan fingerprint density at radius 3 is 1.65 bits per heavy atom. The Balaban J connectivity index is 1.23. The molecule has 0 saturated heterocycles. The van der Waals surface area contributed by atoms with E-state index in [0.29, 0.717) is 61.0 Å². The summed E-state index contributed by atoms with van der Waals surface area (Å²) in [6.45, 7) is 1.51. The third kappa shape index (κ3) is 8.53. The molecule has 4 aromatic rings. The van der Waals surface area contributed by atoms with Crippen LogP contribution in [0.25, 0.3) is 0 Å². The predicted octanol–water partition coefficient (Wildman–Crippen LogP) is 3.72. The molecule has 0 fully saturated rings. The van der Waals surface area contributed by atoms with E-state index in [0.717, 1.165) is 27.6 Å². The van der Waals surface area contributed by atoms with Gasteiger partial charge in [-0.2, -0.15) is 0 Å². The van der Waals surface area contributed by atoms with Gasteiger partial charge in [0.1, 0.15) is 34.7 Å². The molecular formula is C27H28N6O5S2. The quantitative estimate of drug-likeness (QED) is 0.319. The lowest BCUT2D eigenvalue weighted by Crippen LogP contribution is -2.15. The van der Waals surface area contributed by atoms with E-state index in [1.807, 2.05) is 48.5 Å². The second-order valence-corrected chi connectivity index (χ2v) is 11.0. The van der Waals surface area contributed by atoms with Crippen LogP contribution in [-0.2, 0) is 40.0 Å². The third-order valence-corrected chi connectivity index (χ3v) is 7.52. The Kier molecular flexibility index (Phi) is 9.61. The minimum absolute atomic E-state index is 0.176. The maximum atomic E-state index is 12.6. The summed E-state index contributed by atoms with van der Waals surface area (Å²) < 4.78 is 17.2. The lowest BCUT2D eigenvalue weighted by Gasteiger charge is -2.10. The first-order valence-corrected chi connectivity index (χ1v) is 14.5.